The molecule has 0 fully saturated rings. The molecule has 0 saturated carbocycles. The van der Waals surface area contributed by atoms with E-state index in [0.29, 0.717) is 5.75 Å². The molecule has 0 unspecified atom stereocenters. The third-order valence-electron chi connectivity index (χ3n) is 2.20. The van der Waals surface area contributed by atoms with Crippen LogP contribution in [0.25, 0.3) is 10.8 Å². The minimum atomic E-state index is 0.322. The van der Waals surface area contributed by atoms with Crippen molar-refractivity contribution in [2.24, 2.45) is 0 Å². The van der Waals surface area contributed by atoms with Gasteiger partial charge in [0, 0.05) is 4.47 Å². The van der Waals surface area contributed by atoms with E-state index in [1.807, 2.05) is 6.07 Å². The Kier molecular flexibility index (Phi) is 4.18. The lowest BCUT2D eigenvalue weighted by Crippen LogP contribution is -1.62. The molecule has 0 atom stereocenters. The number of aromatic hydroxyl groups is 1. The van der Waals surface area contributed by atoms with Gasteiger partial charge in [-0.15, -0.1) is 0 Å². The Morgan fingerprint density at radius 2 is 1.59 bits per heavy atom. The van der Waals surface area contributed by atoms with E-state index in [1.54, 1.807) is 35.6 Å². The highest BCUT2D eigenvalue weighted by Gasteiger charge is 1.92. The highest BCUT2D eigenvalue weighted by molar-refractivity contribution is 9.10. The largest absolute Gasteiger partial charge is 0.508 e. The van der Waals surface area contributed by atoms with E-state index in [2.05, 4.69) is 44.9 Å². The first kappa shape index (κ1) is 12.1. The number of benzene rings is 2. The van der Waals surface area contributed by atoms with Crippen LogP contribution in [0.3, 0.4) is 0 Å². The average molecular weight is 307 g/mol. The van der Waals surface area contributed by atoms with Gasteiger partial charge in [-0.05, 0) is 45.8 Å². The Bertz CT molecular complexity index is 589. The van der Waals surface area contributed by atoms with E-state index in [4.69, 9.17) is 5.11 Å². The van der Waals surface area contributed by atoms with Crippen LogP contribution in [0.4, 0.5) is 0 Å². The van der Waals surface area contributed by atoms with Crippen molar-refractivity contribution in [3.63, 3.8) is 0 Å². The van der Waals surface area contributed by atoms with E-state index in [0.717, 1.165) is 4.47 Å². The fourth-order valence-corrected chi connectivity index (χ4v) is 2.52. The maximum Gasteiger partial charge on any atom is 0.115 e. The number of hydrogen-bond acceptors (Lipinski definition) is 2. The number of phenols is 1. The molecule has 0 amide bonds. The average Bonchev–Trinajstić information content (AvgIpc) is 2.78. The number of phenolic OH excluding ortho intramolecular Hbond substituents is 1. The van der Waals surface area contributed by atoms with Crippen LogP contribution in [0.15, 0.2) is 63.8 Å². The summed E-state index contributed by atoms with van der Waals surface area (Å²) < 4.78 is 1.15. The maximum atomic E-state index is 8.63. The predicted molar refractivity (Wildman–Crippen MR) is 77.6 cm³/mol. The molecule has 0 aliphatic carbocycles. The number of thiophene rings is 1. The topological polar surface area (TPSA) is 20.2 Å². The molecule has 3 aromatic rings. The Balaban J connectivity index is 0.000000136. The molecule has 0 radical (unpaired) electrons. The number of para-hydroxylation sites is 1. The molecule has 0 spiro atoms. The second-order valence-corrected chi connectivity index (χ2v) is 5.14. The lowest BCUT2D eigenvalue weighted by molar-refractivity contribution is 0.475. The van der Waals surface area contributed by atoms with Crippen molar-refractivity contribution in [2.75, 3.05) is 0 Å². The quantitative estimate of drug-likeness (QED) is 0.616. The molecular weight excluding hydrogens is 296 g/mol. The van der Waals surface area contributed by atoms with E-state index < -0.39 is 0 Å². The molecule has 1 aromatic heterocycles. The molecule has 1 heterocycles. The summed E-state index contributed by atoms with van der Waals surface area (Å²) in [5.41, 5.74) is 0. The molecule has 0 aliphatic heterocycles. The van der Waals surface area contributed by atoms with Crippen LogP contribution in [0.2, 0.25) is 0 Å². The normalized spacial score (nSPS) is 9.71. The van der Waals surface area contributed by atoms with Gasteiger partial charge in [0.15, 0.2) is 0 Å². The molecular formula is C14H11BrOS. The summed E-state index contributed by atoms with van der Waals surface area (Å²) in [6, 6.07) is 15.0. The van der Waals surface area contributed by atoms with Crippen LogP contribution in [-0.4, -0.2) is 5.11 Å². The van der Waals surface area contributed by atoms with Gasteiger partial charge in [0.2, 0.25) is 0 Å². The van der Waals surface area contributed by atoms with Gasteiger partial charge in [-0.3, -0.25) is 0 Å². The van der Waals surface area contributed by atoms with Crippen molar-refractivity contribution in [2.45, 2.75) is 0 Å². The van der Waals surface area contributed by atoms with Gasteiger partial charge >= 0.3 is 0 Å². The van der Waals surface area contributed by atoms with Crippen molar-refractivity contribution in [1.29, 1.82) is 0 Å². The first-order valence-electron chi connectivity index (χ1n) is 5.11. The number of hydrogen-bond donors (Lipinski definition) is 1. The summed E-state index contributed by atoms with van der Waals surface area (Å²) in [6.07, 6.45) is 0. The van der Waals surface area contributed by atoms with Crippen molar-refractivity contribution in [3.8, 4) is 5.75 Å². The van der Waals surface area contributed by atoms with Crippen LogP contribution in [-0.2, 0) is 0 Å². The monoisotopic (exact) mass is 306 g/mol. The number of fused-ring (bicyclic) bond motifs is 1. The summed E-state index contributed by atoms with van der Waals surface area (Å²) in [5.74, 6) is 0.322. The van der Waals surface area contributed by atoms with Crippen LogP contribution >= 0.6 is 27.3 Å². The van der Waals surface area contributed by atoms with Gasteiger partial charge in [-0.1, -0.05) is 40.2 Å². The Morgan fingerprint density at radius 1 is 0.882 bits per heavy atom. The van der Waals surface area contributed by atoms with Crippen LogP contribution in [0, 0.1) is 0 Å². The van der Waals surface area contributed by atoms with Gasteiger partial charge in [0.25, 0.3) is 0 Å². The Labute approximate surface area is 112 Å². The highest BCUT2D eigenvalue weighted by atomic mass is 79.9. The van der Waals surface area contributed by atoms with Gasteiger partial charge in [0.1, 0.15) is 5.75 Å². The summed E-state index contributed by atoms with van der Waals surface area (Å²) in [7, 11) is 0. The van der Waals surface area contributed by atoms with Crippen molar-refractivity contribution in [3.05, 3.63) is 63.8 Å². The standard InChI is InChI=1S/C8H5BrS.C6H6O/c9-8-2-1-6-4-10-5-7(6)3-8;7-6-4-2-1-3-5-6/h1-5H;1-5,7H. The maximum absolute atomic E-state index is 8.63. The SMILES string of the molecule is Brc1ccc2cscc2c1.Oc1ccccc1. The van der Waals surface area contributed by atoms with Crippen LogP contribution in [0.5, 0.6) is 5.75 Å². The lowest BCUT2D eigenvalue weighted by Gasteiger charge is -1.88. The van der Waals surface area contributed by atoms with E-state index in [1.165, 1.54) is 10.8 Å². The fourth-order valence-electron chi connectivity index (χ4n) is 1.36. The second kappa shape index (κ2) is 5.84. The Hall–Kier alpha value is -1.32. The molecule has 1 N–H and O–H groups in total. The van der Waals surface area contributed by atoms with E-state index >= 15 is 0 Å². The third kappa shape index (κ3) is 3.58. The van der Waals surface area contributed by atoms with Gasteiger partial charge in [-0.25, -0.2) is 0 Å². The highest BCUT2D eigenvalue weighted by Crippen LogP contribution is 2.22. The van der Waals surface area contributed by atoms with Gasteiger partial charge < -0.3 is 5.11 Å². The zero-order valence-corrected chi connectivity index (χ0v) is 11.4. The molecule has 3 heteroatoms. The van der Waals surface area contributed by atoms with Crippen LogP contribution in [0.1, 0.15) is 0 Å². The first-order chi connectivity index (χ1) is 8.25. The van der Waals surface area contributed by atoms with Gasteiger partial charge in [-0.2, -0.15) is 11.3 Å². The zero-order valence-electron chi connectivity index (χ0n) is 9.01. The molecule has 86 valence electrons. The number of rotatable bonds is 0. The minimum absolute atomic E-state index is 0.322. The smallest absolute Gasteiger partial charge is 0.115 e. The molecule has 17 heavy (non-hydrogen) atoms. The molecule has 0 saturated heterocycles. The third-order valence-corrected chi connectivity index (χ3v) is 3.47. The van der Waals surface area contributed by atoms with Crippen molar-refractivity contribution < 1.29 is 5.11 Å². The number of halogens is 1. The molecule has 0 aliphatic rings. The first-order valence-corrected chi connectivity index (χ1v) is 6.85. The predicted octanol–water partition coefficient (Wildman–Crippen LogP) is 5.06. The van der Waals surface area contributed by atoms with Crippen molar-refractivity contribution in [1.82, 2.24) is 0 Å². The molecule has 0 bridgehead atoms. The van der Waals surface area contributed by atoms with Crippen LogP contribution < -0.4 is 0 Å². The lowest BCUT2D eigenvalue weighted by atomic mass is 10.2. The van der Waals surface area contributed by atoms with Crippen molar-refractivity contribution >= 4 is 38.0 Å². The fraction of sp³-hybridized carbons (Fsp3) is 0. The molecule has 1 nitrogen and oxygen atoms in total. The van der Waals surface area contributed by atoms with E-state index in [-0.39, 0.29) is 0 Å². The summed E-state index contributed by atoms with van der Waals surface area (Å²) in [5, 5.41) is 15.6. The summed E-state index contributed by atoms with van der Waals surface area (Å²) in [6.45, 7) is 0. The molecule has 2 aromatic carbocycles. The minimum Gasteiger partial charge on any atom is -0.508 e. The molecule has 3 rings (SSSR count). The second-order valence-electron chi connectivity index (χ2n) is 3.48. The van der Waals surface area contributed by atoms with Gasteiger partial charge in [0.05, 0.1) is 0 Å². The Morgan fingerprint density at radius 3 is 2.24 bits per heavy atom. The summed E-state index contributed by atoms with van der Waals surface area (Å²) in [4.78, 5) is 0. The summed E-state index contributed by atoms with van der Waals surface area (Å²) >= 11 is 5.16. The zero-order chi connectivity index (χ0) is 12.1. The van der Waals surface area contributed by atoms with E-state index in [9.17, 15) is 0 Å².